The summed E-state index contributed by atoms with van der Waals surface area (Å²) in [6.07, 6.45) is -0.866. The maximum Gasteiger partial charge on any atom is 0.273 e. The van der Waals surface area contributed by atoms with Gasteiger partial charge in [-0.3, -0.25) is 4.79 Å². The first-order chi connectivity index (χ1) is 8.49. The van der Waals surface area contributed by atoms with Gasteiger partial charge < -0.3 is 9.47 Å². The van der Waals surface area contributed by atoms with E-state index >= 15 is 0 Å². The van der Waals surface area contributed by atoms with Gasteiger partial charge in [-0.1, -0.05) is 0 Å². The molecule has 2 rings (SSSR count). The summed E-state index contributed by atoms with van der Waals surface area (Å²) in [5.74, 6) is -0.694. The first kappa shape index (κ1) is 13.5. The average Bonchev–Trinajstić information content (AvgIpc) is 2.77. The first-order valence-corrected chi connectivity index (χ1v) is 7.61. The molecule has 2 heterocycles. The number of rotatable bonds is 3. The van der Waals surface area contributed by atoms with E-state index in [0.29, 0.717) is 6.61 Å². The fraction of sp³-hybridized carbons (Fsp3) is 0.500. The highest BCUT2D eigenvalue weighted by Crippen LogP contribution is 2.20. The van der Waals surface area contributed by atoms with Crippen LogP contribution in [-0.4, -0.2) is 40.2 Å². The van der Waals surface area contributed by atoms with Crippen molar-refractivity contribution in [2.45, 2.75) is 17.2 Å². The Kier molecular flexibility index (Phi) is 4.00. The molecule has 0 aliphatic carbocycles. The van der Waals surface area contributed by atoms with Gasteiger partial charge in [-0.15, -0.1) is 11.3 Å². The molecule has 0 bridgehead atoms. The third-order valence-corrected chi connectivity index (χ3v) is 5.16. The molecule has 100 valence electrons. The van der Waals surface area contributed by atoms with Crippen LogP contribution >= 0.6 is 11.3 Å². The molecule has 6 nitrogen and oxygen atoms in total. The Morgan fingerprint density at radius 1 is 1.44 bits per heavy atom. The second-order valence-electron chi connectivity index (χ2n) is 3.77. The molecule has 1 amide bonds. The minimum atomic E-state index is -3.80. The van der Waals surface area contributed by atoms with E-state index < -0.39 is 22.0 Å². The van der Waals surface area contributed by atoms with Crippen molar-refractivity contribution < 1.29 is 22.7 Å². The summed E-state index contributed by atoms with van der Waals surface area (Å²) in [7, 11) is -3.80. The largest absolute Gasteiger partial charge is 0.376 e. The molecule has 8 heteroatoms. The summed E-state index contributed by atoms with van der Waals surface area (Å²) >= 11 is 1.11. The monoisotopic (exact) mass is 291 g/mol. The molecule has 1 saturated heterocycles. The van der Waals surface area contributed by atoms with Gasteiger partial charge in [0.15, 0.2) is 6.10 Å². The number of sulfonamides is 1. The van der Waals surface area contributed by atoms with Crippen molar-refractivity contribution >= 4 is 27.3 Å². The molecule has 1 aromatic heterocycles. The van der Waals surface area contributed by atoms with Gasteiger partial charge in [0.1, 0.15) is 4.21 Å². The van der Waals surface area contributed by atoms with Crippen LogP contribution in [0.5, 0.6) is 0 Å². The molecule has 1 atom stereocenters. The van der Waals surface area contributed by atoms with Crippen LogP contribution in [0.3, 0.4) is 0 Å². The number of hydrogen-bond donors (Lipinski definition) is 1. The third-order valence-electron chi connectivity index (χ3n) is 2.32. The molecule has 0 unspecified atom stereocenters. The second kappa shape index (κ2) is 5.35. The van der Waals surface area contributed by atoms with E-state index in [-0.39, 0.29) is 17.4 Å². The normalized spacial score (nSPS) is 20.6. The fourth-order valence-electron chi connectivity index (χ4n) is 1.44. The van der Waals surface area contributed by atoms with Gasteiger partial charge in [0.05, 0.1) is 19.8 Å². The van der Waals surface area contributed by atoms with Crippen molar-refractivity contribution in [2.24, 2.45) is 0 Å². The molecule has 0 radical (unpaired) electrons. The Morgan fingerprint density at radius 2 is 2.22 bits per heavy atom. The van der Waals surface area contributed by atoms with Crippen LogP contribution in [-0.2, 0) is 24.3 Å². The Hall–Kier alpha value is -0.960. The Morgan fingerprint density at radius 3 is 2.78 bits per heavy atom. The van der Waals surface area contributed by atoms with Gasteiger partial charge in [-0.25, -0.2) is 13.1 Å². The van der Waals surface area contributed by atoms with Crippen molar-refractivity contribution in [3.63, 3.8) is 0 Å². The zero-order chi connectivity index (χ0) is 13.2. The maximum absolute atomic E-state index is 11.9. The molecule has 1 aliphatic rings. The zero-order valence-corrected chi connectivity index (χ0v) is 11.3. The van der Waals surface area contributed by atoms with Crippen molar-refractivity contribution in [1.82, 2.24) is 4.72 Å². The Balaban J connectivity index is 2.06. The molecule has 1 aromatic rings. The number of amides is 1. The van der Waals surface area contributed by atoms with Crippen molar-refractivity contribution in [1.29, 1.82) is 0 Å². The maximum atomic E-state index is 11.9. The summed E-state index contributed by atoms with van der Waals surface area (Å²) in [5.41, 5.74) is 0. The van der Waals surface area contributed by atoms with Gasteiger partial charge in [0.25, 0.3) is 15.9 Å². The Labute approximate surface area is 109 Å². The minimum Gasteiger partial charge on any atom is -0.376 e. The van der Waals surface area contributed by atoms with Gasteiger partial charge in [0.2, 0.25) is 0 Å². The smallest absolute Gasteiger partial charge is 0.273 e. The summed E-state index contributed by atoms with van der Waals surface area (Å²) < 4.78 is 36.0. The zero-order valence-electron chi connectivity index (χ0n) is 9.71. The lowest BCUT2D eigenvalue weighted by Gasteiger charge is -2.21. The highest BCUT2D eigenvalue weighted by atomic mass is 32.2. The number of ether oxygens (including phenoxy) is 2. The van der Waals surface area contributed by atoms with Crippen LogP contribution in [0.4, 0.5) is 0 Å². The van der Waals surface area contributed by atoms with E-state index in [1.165, 1.54) is 6.07 Å². The van der Waals surface area contributed by atoms with E-state index in [9.17, 15) is 13.2 Å². The third kappa shape index (κ3) is 3.08. The van der Waals surface area contributed by atoms with Crippen LogP contribution in [0.25, 0.3) is 0 Å². The van der Waals surface area contributed by atoms with E-state index in [1.54, 1.807) is 13.0 Å². The summed E-state index contributed by atoms with van der Waals surface area (Å²) in [6, 6.07) is 3.15. The molecule has 1 N–H and O–H groups in total. The predicted octanol–water partition coefficient (Wildman–Crippen LogP) is 0.277. The fourth-order valence-corrected chi connectivity index (χ4v) is 3.74. The highest BCUT2D eigenvalue weighted by Gasteiger charge is 2.27. The van der Waals surface area contributed by atoms with Crippen LogP contribution < -0.4 is 4.72 Å². The lowest BCUT2D eigenvalue weighted by Crippen LogP contribution is -2.44. The summed E-state index contributed by atoms with van der Waals surface area (Å²) in [6.45, 7) is 2.57. The summed E-state index contributed by atoms with van der Waals surface area (Å²) in [5, 5.41) is 0. The second-order valence-corrected chi connectivity index (χ2v) is 6.97. The quantitative estimate of drug-likeness (QED) is 0.865. The number of hydrogen-bond acceptors (Lipinski definition) is 6. The van der Waals surface area contributed by atoms with E-state index in [4.69, 9.17) is 9.47 Å². The minimum absolute atomic E-state index is 0.0742. The standard InChI is InChI=1S/C10H13NO5S2/c1-7-2-3-9(17-7)18(13,14)11-10(12)8-6-15-4-5-16-8/h2-3,8H,4-6H2,1H3,(H,11,12)/t8-/m0/s1. The van der Waals surface area contributed by atoms with Crippen molar-refractivity contribution in [3.8, 4) is 0 Å². The highest BCUT2D eigenvalue weighted by molar-refractivity contribution is 7.92. The van der Waals surface area contributed by atoms with E-state index in [0.717, 1.165) is 16.2 Å². The van der Waals surface area contributed by atoms with Crippen LogP contribution in [0, 0.1) is 6.92 Å². The predicted molar refractivity (Wildman–Crippen MR) is 64.9 cm³/mol. The lowest BCUT2D eigenvalue weighted by molar-refractivity contribution is -0.145. The van der Waals surface area contributed by atoms with Gasteiger partial charge >= 0.3 is 0 Å². The van der Waals surface area contributed by atoms with Crippen LogP contribution in [0.15, 0.2) is 16.3 Å². The Bertz CT molecular complexity index is 530. The number of aryl methyl sites for hydroxylation is 1. The number of carbonyl (C=O) groups is 1. The van der Waals surface area contributed by atoms with Crippen LogP contribution in [0.2, 0.25) is 0 Å². The van der Waals surface area contributed by atoms with E-state index in [2.05, 4.69) is 0 Å². The molecule has 18 heavy (non-hydrogen) atoms. The van der Waals surface area contributed by atoms with Crippen molar-refractivity contribution in [2.75, 3.05) is 19.8 Å². The molecule has 1 fully saturated rings. The van der Waals surface area contributed by atoms with Crippen LogP contribution in [0.1, 0.15) is 4.88 Å². The topological polar surface area (TPSA) is 81.7 Å². The molecular weight excluding hydrogens is 278 g/mol. The number of thiophene rings is 1. The molecule has 1 aliphatic heterocycles. The number of carbonyl (C=O) groups excluding carboxylic acids is 1. The van der Waals surface area contributed by atoms with Crippen molar-refractivity contribution in [3.05, 3.63) is 17.0 Å². The lowest BCUT2D eigenvalue weighted by atomic mass is 10.3. The SMILES string of the molecule is Cc1ccc(S(=O)(=O)NC(=O)[C@@H]2COCCO2)s1. The molecule has 0 aromatic carbocycles. The first-order valence-electron chi connectivity index (χ1n) is 5.31. The van der Waals surface area contributed by atoms with Gasteiger partial charge in [-0.05, 0) is 19.1 Å². The van der Waals surface area contributed by atoms with E-state index in [1.807, 2.05) is 4.72 Å². The molecule has 0 spiro atoms. The van der Waals surface area contributed by atoms with Gasteiger partial charge in [-0.2, -0.15) is 0 Å². The number of nitrogens with one attached hydrogen (secondary N) is 1. The molecular formula is C10H13NO5S2. The average molecular weight is 291 g/mol. The molecule has 0 saturated carbocycles. The van der Waals surface area contributed by atoms with Gasteiger partial charge in [0, 0.05) is 4.88 Å². The summed E-state index contributed by atoms with van der Waals surface area (Å²) in [4.78, 5) is 12.6.